The van der Waals surface area contributed by atoms with Crippen LogP contribution in [-0.4, -0.2) is 9.97 Å². The first kappa shape index (κ1) is 13.0. The number of aryl methyl sites for hydroxylation is 1. The average Bonchev–Trinajstić information content (AvgIpc) is 2.74. The van der Waals surface area contributed by atoms with Gasteiger partial charge in [0.25, 0.3) is 0 Å². The monoisotopic (exact) mass is 261 g/mol. The van der Waals surface area contributed by atoms with Crippen LogP contribution in [0.25, 0.3) is 0 Å². The van der Waals surface area contributed by atoms with Crippen LogP contribution in [-0.2, 0) is 12.0 Å². The van der Waals surface area contributed by atoms with E-state index < -0.39 is 0 Å². The third-order valence-electron chi connectivity index (χ3n) is 2.53. The normalized spacial score (nSPS) is 11.6. The van der Waals surface area contributed by atoms with Crippen LogP contribution in [0.3, 0.4) is 0 Å². The molecule has 18 heavy (non-hydrogen) atoms. The quantitative estimate of drug-likeness (QED) is 0.914. The van der Waals surface area contributed by atoms with E-state index in [-0.39, 0.29) is 5.41 Å². The van der Waals surface area contributed by atoms with Crippen LogP contribution in [0.4, 0.5) is 5.82 Å². The van der Waals surface area contributed by atoms with Gasteiger partial charge < -0.3 is 5.32 Å². The molecule has 0 amide bonds. The Hall–Kier alpha value is -1.42. The van der Waals surface area contributed by atoms with Crippen molar-refractivity contribution in [3.63, 3.8) is 0 Å². The summed E-state index contributed by atoms with van der Waals surface area (Å²) >= 11 is 1.76. The van der Waals surface area contributed by atoms with Crippen molar-refractivity contribution in [1.29, 1.82) is 0 Å². The second kappa shape index (κ2) is 5.06. The fourth-order valence-electron chi connectivity index (χ4n) is 1.56. The fraction of sp³-hybridized carbons (Fsp3) is 0.429. The summed E-state index contributed by atoms with van der Waals surface area (Å²) in [7, 11) is 0. The Bertz CT molecular complexity index is 526. The molecule has 0 spiro atoms. The Morgan fingerprint density at radius 2 is 2.06 bits per heavy atom. The molecule has 3 nitrogen and oxygen atoms in total. The van der Waals surface area contributed by atoms with Crippen LogP contribution in [0.1, 0.15) is 36.3 Å². The summed E-state index contributed by atoms with van der Waals surface area (Å²) in [5.41, 5.74) is 1.16. The largest absolute Gasteiger partial charge is 0.365 e. The predicted molar refractivity (Wildman–Crippen MR) is 77.1 cm³/mol. The van der Waals surface area contributed by atoms with Crippen LogP contribution in [0, 0.1) is 6.92 Å². The molecule has 2 heterocycles. The van der Waals surface area contributed by atoms with Crippen molar-refractivity contribution in [2.75, 3.05) is 5.32 Å². The number of aromatic nitrogens is 2. The molecule has 2 aromatic heterocycles. The standard InChI is InChI=1S/C14H19N3S/c1-10-6-5-7-12(17-10)15-8-11-9-16-13(18-11)14(2,3)4/h5-7,9H,8H2,1-4H3,(H,15,17). The van der Waals surface area contributed by atoms with Crippen molar-refractivity contribution < 1.29 is 0 Å². The van der Waals surface area contributed by atoms with Crippen molar-refractivity contribution in [3.05, 3.63) is 40.0 Å². The van der Waals surface area contributed by atoms with E-state index in [1.54, 1.807) is 11.3 Å². The van der Waals surface area contributed by atoms with E-state index in [0.717, 1.165) is 18.1 Å². The summed E-state index contributed by atoms with van der Waals surface area (Å²) < 4.78 is 0. The number of thiazole rings is 1. The lowest BCUT2D eigenvalue weighted by molar-refractivity contribution is 0.585. The van der Waals surface area contributed by atoms with Crippen molar-refractivity contribution in [1.82, 2.24) is 9.97 Å². The highest BCUT2D eigenvalue weighted by atomic mass is 32.1. The van der Waals surface area contributed by atoms with Gasteiger partial charge in [-0.1, -0.05) is 26.8 Å². The van der Waals surface area contributed by atoms with Gasteiger partial charge in [0.15, 0.2) is 0 Å². The van der Waals surface area contributed by atoms with Gasteiger partial charge in [-0.3, -0.25) is 0 Å². The number of hydrogen-bond acceptors (Lipinski definition) is 4. The molecule has 2 aromatic rings. The molecule has 0 saturated heterocycles. The Labute approximate surface area is 112 Å². The van der Waals surface area contributed by atoms with Gasteiger partial charge in [-0.25, -0.2) is 9.97 Å². The van der Waals surface area contributed by atoms with Crippen LogP contribution < -0.4 is 5.32 Å². The van der Waals surface area contributed by atoms with E-state index in [4.69, 9.17) is 0 Å². The number of rotatable bonds is 3. The minimum atomic E-state index is 0.129. The highest BCUT2D eigenvalue weighted by Crippen LogP contribution is 2.27. The average molecular weight is 261 g/mol. The van der Waals surface area contributed by atoms with E-state index >= 15 is 0 Å². The molecule has 0 saturated carbocycles. The second-order valence-corrected chi connectivity index (χ2v) is 6.51. The van der Waals surface area contributed by atoms with Gasteiger partial charge >= 0.3 is 0 Å². The van der Waals surface area contributed by atoms with Gasteiger partial charge in [0.1, 0.15) is 5.82 Å². The Balaban J connectivity index is 2.01. The molecule has 96 valence electrons. The molecule has 0 aliphatic rings. The topological polar surface area (TPSA) is 37.8 Å². The van der Waals surface area contributed by atoms with Crippen molar-refractivity contribution in [2.24, 2.45) is 0 Å². The van der Waals surface area contributed by atoms with E-state index in [0.29, 0.717) is 0 Å². The minimum absolute atomic E-state index is 0.129. The minimum Gasteiger partial charge on any atom is -0.365 e. The maximum atomic E-state index is 4.48. The molecule has 0 bridgehead atoms. The Morgan fingerprint density at radius 1 is 1.28 bits per heavy atom. The highest BCUT2D eigenvalue weighted by Gasteiger charge is 2.17. The first-order valence-corrected chi connectivity index (χ1v) is 6.89. The summed E-state index contributed by atoms with van der Waals surface area (Å²) in [5.74, 6) is 0.917. The first-order chi connectivity index (χ1) is 8.45. The summed E-state index contributed by atoms with van der Waals surface area (Å²) in [6.45, 7) is 9.33. The lowest BCUT2D eigenvalue weighted by atomic mass is 9.98. The van der Waals surface area contributed by atoms with Gasteiger partial charge in [-0.2, -0.15) is 0 Å². The zero-order valence-electron chi connectivity index (χ0n) is 11.3. The zero-order valence-corrected chi connectivity index (χ0v) is 12.1. The molecule has 0 radical (unpaired) electrons. The molecule has 0 aliphatic heterocycles. The van der Waals surface area contributed by atoms with Crippen LogP contribution >= 0.6 is 11.3 Å². The smallest absolute Gasteiger partial charge is 0.126 e. The molecule has 0 aliphatic carbocycles. The summed E-state index contributed by atoms with van der Waals surface area (Å²) in [4.78, 5) is 10.1. The molecule has 2 rings (SSSR count). The van der Waals surface area contributed by atoms with E-state index in [9.17, 15) is 0 Å². The molecule has 0 fully saturated rings. The maximum absolute atomic E-state index is 4.48. The lowest BCUT2D eigenvalue weighted by Crippen LogP contribution is -2.09. The van der Waals surface area contributed by atoms with Crippen LogP contribution in [0.2, 0.25) is 0 Å². The van der Waals surface area contributed by atoms with Crippen molar-refractivity contribution in [3.8, 4) is 0 Å². The third kappa shape index (κ3) is 3.29. The van der Waals surface area contributed by atoms with E-state index in [2.05, 4.69) is 36.1 Å². The lowest BCUT2D eigenvalue weighted by Gasteiger charge is -2.13. The number of pyridine rings is 1. The van der Waals surface area contributed by atoms with Crippen LogP contribution in [0.5, 0.6) is 0 Å². The third-order valence-corrected chi connectivity index (χ3v) is 3.95. The summed E-state index contributed by atoms with van der Waals surface area (Å²) in [6, 6.07) is 5.99. The van der Waals surface area contributed by atoms with Gasteiger partial charge in [0, 0.05) is 22.2 Å². The second-order valence-electron chi connectivity index (χ2n) is 5.40. The number of nitrogens with zero attached hydrogens (tertiary/aromatic N) is 2. The molecule has 4 heteroatoms. The highest BCUT2D eigenvalue weighted by molar-refractivity contribution is 7.11. The van der Waals surface area contributed by atoms with Gasteiger partial charge in [-0.05, 0) is 19.1 Å². The molecule has 1 N–H and O–H groups in total. The van der Waals surface area contributed by atoms with Crippen molar-refractivity contribution >= 4 is 17.2 Å². The summed E-state index contributed by atoms with van der Waals surface area (Å²) in [5, 5.41) is 4.50. The first-order valence-electron chi connectivity index (χ1n) is 6.08. The molecular formula is C14H19N3S. The van der Waals surface area contributed by atoms with E-state index in [1.807, 2.05) is 31.3 Å². The molecule has 0 unspecified atom stereocenters. The maximum Gasteiger partial charge on any atom is 0.126 e. The zero-order chi connectivity index (χ0) is 13.2. The number of nitrogens with one attached hydrogen (secondary N) is 1. The number of anilines is 1. The van der Waals surface area contributed by atoms with Crippen molar-refractivity contribution in [2.45, 2.75) is 39.7 Å². The molecular weight excluding hydrogens is 242 g/mol. The van der Waals surface area contributed by atoms with Gasteiger partial charge in [0.05, 0.1) is 11.6 Å². The SMILES string of the molecule is Cc1cccc(NCc2cnc(C(C)(C)C)s2)n1. The molecule has 0 atom stereocenters. The van der Waals surface area contributed by atoms with Crippen LogP contribution in [0.15, 0.2) is 24.4 Å². The molecule has 0 aromatic carbocycles. The van der Waals surface area contributed by atoms with Gasteiger partial charge in [-0.15, -0.1) is 11.3 Å². The Morgan fingerprint density at radius 3 is 2.67 bits per heavy atom. The fourth-order valence-corrected chi connectivity index (χ4v) is 2.46. The van der Waals surface area contributed by atoms with E-state index in [1.165, 1.54) is 9.88 Å². The number of hydrogen-bond donors (Lipinski definition) is 1. The predicted octanol–water partition coefficient (Wildman–Crippen LogP) is 3.76. The van der Waals surface area contributed by atoms with Gasteiger partial charge in [0.2, 0.25) is 0 Å². The summed E-state index contributed by atoms with van der Waals surface area (Å²) in [6.07, 6.45) is 1.95. The Kier molecular flexibility index (Phi) is 3.66.